The van der Waals surface area contributed by atoms with Gasteiger partial charge in [0.25, 0.3) is 0 Å². The zero-order chi connectivity index (χ0) is 19.3. The smallest absolute Gasteiger partial charge is 0.228 e. The molecular formula is C21H32N4O2. The monoisotopic (exact) mass is 372 g/mol. The predicted molar refractivity (Wildman–Crippen MR) is 105 cm³/mol. The average Bonchev–Trinajstić information content (AvgIpc) is 2.68. The third-order valence-corrected chi connectivity index (χ3v) is 6.10. The van der Waals surface area contributed by atoms with Gasteiger partial charge in [-0.25, -0.2) is 0 Å². The van der Waals surface area contributed by atoms with Crippen LogP contribution in [-0.4, -0.2) is 66.4 Å². The molecule has 0 radical (unpaired) electrons. The van der Waals surface area contributed by atoms with Gasteiger partial charge in [-0.05, 0) is 45.5 Å². The molecule has 1 saturated carbocycles. The summed E-state index contributed by atoms with van der Waals surface area (Å²) in [5.74, 6) is 0.339. The fourth-order valence-electron chi connectivity index (χ4n) is 4.61. The van der Waals surface area contributed by atoms with E-state index in [4.69, 9.17) is 0 Å². The second-order valence-corrected chi connectivity index (χ2v) is 8.14. The average molecular weight is 373 g/mol. The highest BCUT2D eigenvalue weighted by atomic mass is 16.2. The lowest BCUT2D eigenvalue weighted by atomic mass is 9.64. The molecule has 1 saturated heterocycles. The number of nitrogens with zero attached hydrogens (tertiary/aromatic N) is 3. The van der Waals surface area contributed by atoms with Crippen molar-refractivity contribution in [2.75, 3.05) is 33.7 Å². The van der Waals surface area contributed by atoms with Gasteiger partial charge in [-0.3, -0.25) is 14.6 Å². The summed E-state index contributed by atoms with van der Waals surface area (Å²) in [6.07, 6.45) is 7.67. The molecule has 2 fully saturated rings. The number of amides is 2. The Morgan fingerprint density at radius 2 is 2.19 bits per heavy atom. The first-order valence-electron chi connectivity index (χ1n) is 10.2. The number of aromatic nitrogens is 1. The van der Waals surface area contributed by atoms with Gasteiger partial charge in [-0.15, -0.1) is 0 Å². The molecule has 0 spiro atoms. The van der Waals surface area contributed by atoms with Crippen molar-refractivity contribution in [1.82, 2.24) is 20.1 Å². The van der Waals surface area contributed by atoms with Gasteiger partial charge in [-0.2, -0.15) is 0 Å². The van der Waals surface area contributed by atoms with Gasteiger partial charge in [0.15, 0.2) is 0 Å². The first kappa shape index (κ1) is 19.8. The molecule has 0 bridgehead atoms. The Kier molecular flexibility index (Phi) is 6.47. The molecule has 2 heterocycles. The maximum atomic E-state index is 13.3. The van der Waals surface area contributed by atoms with E-state index in [0.29, 0.717) is 25.9 Å². The number of piperidine rings is 1. The highest BCUT2D eigenvalue weighted by molar-refractivity contribution is 5.88. The van der Waals surface area contributed by atoms with E-state index in [1.54, 1.807) is 6.20 Å². The standard InChI is InChI=1S/C21H32N4O2/c1-24(2)15-16-25-18-8-3-5-11-21(18,12-9-19(25)26)20(27)23-14-10-17-7-4-6-13-22-17/h4,6-7,13,18H,3,5,8-12,14-16H2,1-2H3,(H,23,27)/t18-,21-/m1/s1. The normalized spacial score (nSPS) is 25.4. The largest absolute Gasteiger partial charge is 0.355 e. The van der Waals surface area contributed by atoms with Crippen LogP contribution in [0.2, 0.25) is 0 Å². The summed E-state index contributed by atoms with van der Waals surface area (Å²) in [6.45, 7) is 2.13. The third-order valence-electron chi connectivity index (χ3n) is 6.10. The van der Waals surface area contributed by atoms with E-state index >= 15 is 0 Å². The van der Waals surface area contributed by atoms with Crippen LogP contribution < -0.4 is 5.32 Å². The Morgan fingerprint density at radius 3 is 2.93 bits per heavy atom. The summed E-state index contributed by atoms with van der Waals surface area (Å²) in [7, 11) is 4.04. The lowest BCUT2D eigenvalue weighted by molar-refractivity contribution is -0.155. The van der Waals surface area contributed by atoms with Crippen molar-refractivity contribution in [3.8, 4) is 0 Å². The van der Waals surface area contributed by atoms with Crippen LogP contribution in [0.15, 0.2) is 24.4 Å². The molecule has 1 aliphatic carbocycles. The predicted octanol–water partition coefficient (Wildman–Crippen LogP) is 1.85. The number of likely N-dealkylation sites (tertiary alicyclic amines) is 1. The van der Waals surface area contributed by atoms with Crippen LogP contribution >= 0.6 is 0 Å². The van der Waals surface area contributed by atoms with Crippen molar-refractivity contribution in [2.45, 2.75) is 51.0 Å². The van der Waals surface area contributed by atoms with Crippen LogP contribution in [0.3, 0.4) is 0 Å². The minimum absolute atomic E-state index is 0.0438. The molecule has 1 aromatic heterocycles. The Hall–Kier alpha value is -1.95. The molecule has 3 rings (SSSR count). The minimum Gasteiger partial charge on any atom is -0.355 e. The van der Waals surface area contributed by atoms with Crippen LogP contribution in [0.4, 0.5) is 0 Å². The number of likely N-dealkylation sites (N-methyl/N-ethyl adjacent to an activating group) is 1. The van der Waals surface area contributed by atoms with Gasteiger partial charge >= 0.3 is 0 Å². The number of pyridine rings is 1. The molecule has 27 heavy (non-hydrogen) atoms. The van der Waals surface area contributed by atoms with Crippen LogP contribution in [-0.2, 0) is 16.0 Å². The molecule has 2 amide bonds. The molecule has 6 nitrogen and oxygen atoms in total. The molecule has 2 atom stereocenters. The fraction of sp³-hybridized carbons (Fsp3) is 0.667. The Labute approximate surface area is 162 Å². The van der Waals surface area contributed by atoms with Gasteiger partial charge in [-0.1, -0.05) is 18.9 Å². The maximum Gasteiger partial charge on any atom is 0.228 e. The van der Waals surface area contributed by atoms with Gasteiger partial charge in [0, 0.05) is 50.4 Å². The quantitative estimate of drug-likeness (QED) is 0.793. The number of rotatable bonds is 7. The number of carbonyl (C=O) groups is 2. The van der Waals surface area contributed by atoms with Crippen LogP contribution in [0.5, 0.6) is 0 Å². The summed E-state index contributed by atoms with van der Waals surface area (Å²) in [6, 6.07) is 5.89. The number of hydrogen-bond acceptors (Lipinski definition) is 4. The second kappa shape index (κ2) is 8.83. The van der Waals surface area contributed by atoms with Gasteiger partial charge in [0.05, 0.1) is 5.41 Å². The molecular weight excluding hydrogens is 340 g/mol. The van der Waals surface area contributed by atoms with Crippen molar-refractivity contribution in [2.24, 2.45) is 5.41 Å². The van der Waals surface area contributed by atoms with Crippen molar-refractivity contribution in [3.05, 3.63) is 30.1 Å². The highest BCUT2D eigenvalue weighted by Gasteiger charge is 2.52. The number of nitrogens with one attached hydrogen (secondary N) is 1. The number of hydrogen-bond donors (Lipinski definition) is 1. The lowest BCUT2D eigenvalue weighted by Crippen LogP contribution is -2.62. The maximum absolute atomic E-state index is 13.3. The molecule has 0 unspecified atom stereocenters. The summed E-state index contributed by atoms with van der Waals surface area (Å²) in [4.78, 5) is 34.3. The van der Waals surface area contributed by atoms with E-state index in [0.717, 1.165) is 44.3 Å². The van der Waals surface area contributed by atoms with E-state index < -0.39 is 5.41 Å². The summed E-state index contributed by atoms with van der Waals surface area (Å²) < 4.78 is 0. The molecule has 6 heteroatoms. The zero-order valence-electron chi connectivity index (χ0n) is 16.6. The van der Waals surface area contributed by atoms with E-state index in [1.807, 2.05) is 37.2 Å². The van der Waals surface area contributed by atoms with Crippen molar-refractivity contribution in [1.29, 1.82) is 0 Å². The van der Waals surface area contributed by atoms with E-state index in [-0.39, 0.29) is 17.9 Å². The molecule has 2 aliphatic rings. The van der Waals surface area contributed by atoms with E-state index in [1.165, 1.54) is 0 Å². The Balaban J connectivity index is 1.68. The Bertz CT molecular complexity index is 649. The van der Waals surface area contributed by atoms with Crippen molar-refractivity contribution in [3.63, 3.8) is 0 Å². The summed E-state index contributed by atoms with van der Waals surface area (Å²) in [5.41, 5.74) is 0.574. The van der Waals surface area contributed by atoms with Crippen LogP contribution in [0, 0.1) is 5.41 Å². The SMILES string of the molecule is CN(C)CCN1C(=O)CC[C@]2(C(=O)NCCc3ccccn3)CCCC[C@@H]12. The summed E-state index contributed by atoms with van der Waals surface area (Å²) >= 11 is 0. The fourth-order valence-corrected chi connectivity index (χ4v) is 4.61. The Morgan fingerprint density at radius 1 is 1.33 bits per heavy atom. The lowest BCUT2D eigenvalue weighted by Gasteiger charge is -2.51. The minimum atomic E-state index is -0.414. The van der Waals surface area contributed by atoms with E-state index in [2.05, 4.69) is 15.2 Å². The van der Waals surface area contributed by atoms with E-state index in [9.17, 15) is 9.59 Å². The molecule has 0 aromatic carbocycles. The zero-order valence-corrected chi connectivity index (χ0v) is 16.6. The van der Waals surface area contributed by atoms with Crippen LogP contribution in [0.25, 0.3) is 0 Å². The van der Waals surface area contributed by atoms with Gasteiger partial charge in [0.2, 0.25) is 11.8 Å². The second-order valence-electron chi connectivity index (χ2n) is 8.14. The topological polar surface area (TPSA) is 65.5 Å². The van der Waals surface area contributed by atoms with Crippen molar-refractivity contribution < 1.29 is 9.59 Å². The first-order valence-corrected chi connectivity index (χ1v) is 10.2. The first-order chi connectivity index (χ1) is 13.0. The molecule has 148 valence electrons. The molecule has 1 aliphatic heterocycles. The van der Waals surface area contributed by atoms with Crippen LogP contribution in [0.1, 0.15) is 44.2 Å². The molecule has 1 aromatic rings. The molecule has 1 N–H and O–H groups in total. The van der Waals surface area contributed by atoms with Gasteiger partial charge < -0.3 is 15.1 Å². The third kappa shape index (κ3) is 4.49. The number of fused-ring (bicyclic) bond motifs is 1. The summed E-state index contributed by atoms with van der Waals surface area (Å²) in [5, 5.41) is 3.16. The number of carbonyl (C=O) groups excluding carboxylic acids is 2. The van der Waals surface area contributed by atoms with Gasteiger partial charge in [0.1, 0.15) is 0 Å². The highest BCUT2D eigenvalue weighted by Crippen LogP contribution is 2.46. The van der Waals surface area contributed by atoms with Crippen molar-refractivity contribution >= 4 is 11.8 Å².